The number of hydrogen-bond donors (Lipinski definition) is 0. The summed E-state index contributed by atoms with van der Waals surface area (Å²) in [5, 5.41) is 14.3. The molecule has 0 spiro atoms. The second kappa shape index (κ2) is 8.73. The number of nitrogens with zero attached hydrogens (tertiary/aromatic N) is 1. The molecule has 2 aromatic heterocycles. The number of para-hydroxylation sites is 3. The molecule has 0 bridgehead atoms. The van der Waals surface area contributed by atoms with Crippen molar-refractivity contribution in [3.05, 3.63) is 133 Å². The van der Waals surface area contributed by atoms with Crippen molar-refractivity contribution in [2.75, 3.05) is 0 Å². The number of rotatable bonds is 3. The summed E-state index contributed by atoms with van der Waals surface area (Å²) in [5.74, 6) is 0. The van der Waals surface area contributed by atoms with Crippen LogP contribution in [-0.4, -0.2) is 0 Å². The van der Waals surface area contributed by atoms with Crippen LogP contribution in [0.5, 0.6) is 0 Å². The summed E-state index contributed by atoms with van der Waals surface area (Å²) in [6, 6.07) is 45.4. The Morgan fingerprint density at radius 3 is 1.85 bits per heavy atom. The number of furan rings is 2. The lowest BCUT2D eigenvalue weighted by Gasteiger charge is -2.17. The standard InChI is InChI=1S/C37H21NO2/c38-22-24-9-1-2-10-25(24)29-13-7-14-30(32-16-8-15-31-27-12-4-6-18-34(27)40-37(31)32)36(29)23-19-20-28-26-11-3-5-17-33(26)39-35(28)21-23/h1-21H. The zero-order chi connectivity index (χ0) is 26.6. The third-order valence-electron chi connectivity index (χ3n) is 7.76. The van der Waals surface area contributed by atoms with Crippen molar-refractivity contribution < 1.29 is 8.83 Å². The molecule has 0 N–H and O–H groups in total. The number of benzene rings is 6. The highest BCUT2D eigenvalue weighted by atomic mass is 16.3. The number of fused-ring (bicyclic) bond motifs is 6. The molecule has 0 aliphatic carbocycles. The van der Waals surface area contributed by atoms with Crippen LogP contribution in [0.1, 0.15) is 5.56 Å². The molecule has 3 nitrogen and oxygen atoms in total. The van der Waals surface area contributed by atoms with E-state index >= 15 is 0 Å². The van der Waals surface area contributed by atoms with E-state index in [9.17, 15) is 5.26 Å². The first kappa shape index (κ1) is 22.4. The maximum absolute atomic E-state index is 9.99. The van der Waals surface area contributed by atoms with Crippen LogP contribution in [0, 0.1) is 11.3 Å². The van der Waals surface area contributed by atoms with Crippen molar-refractivity contribution in [1.29, 1.82) is 5.26 Å². The molecule has 0 fully saturated rings. The second-order valence-electron chi connectivity index (χ2n) is 9.98. The molecular formula is C37H21NO2. The van der Waals surface area contributed by atoms with E-state index in [0.717, 1.165) is 77.3 Å². The molecule has 6 aromatic carbocycles. The van der Waals surface area contributed by atoms with Gasteiger partial charge in [0.1, 0.15) is 22.3 Å². The van der Waals surface area contributed by atoms with E-state index in [1.54, 1.807) is 0 Å². The summed E-state index contributed by atoms with van der Waals surface area (Å²) in [6.07, 6.45) is 0. The molecular weight excluding hydrogens is 490 g/mol. The smallest absolute Gasteiger partial charge is 0.143 e. The van der Waals surface area contributed by atoms with Gasteiger partial charge >= 0.3 is 0 Å². The lowest BCUT2D eigenvalue weighted by atomic mass is 9.85. The molecule has 0 saturated carbocycles. The van der Waals surface area contributed by atoms with Crippen molar-refractivity contribution in [1.82, 2.24) is 0 Å². The molecule has 0 amide bonds. The van der Waals surface area contributed by atoms with Crippen LogP contribution in [0.4, 0.5) is 0 Å². The molecule has 0 saturated heterocycles. The molecule has 0 atom stereocenters. The molecule has 8 rings (SSSR count). The molecule has 8 aromatic rings. The van der Waals surface area contributed by atoms with E-state index in [1.807, 2.05) is 60.7 Å². The van der Waals surface area contributed by atoms with Gasteiger partial charge in [-0.15, -0.1) is 0 Å². The highest BCUT2D eigenvalue weighted by Crippen LogP contribution is 2.45. The van der Waals surface area contributed by atoms with Gasteiger partial charge in [-0.3, -0.25) is 0 Å². The van der Waals surface area contributed by atoms with Gasteiger partial charge in [0.2, 0.25) is 0 Å². The molecule has 0 radical (unpaired) electrons. The summed E-state index contributed by atoms with van der Waals surface area (Å²) in [7, 11) is 0. The Hall–Kier alpha value is -5.59. The lowest BCUT2D eigenvalue weighted by molar-refractivity contribution is 0.669. The van der Waals surface area contributed by atoms with Gasteiger partial charge in [-0.1, -0.05) is 97.1 Å². The quantitative estimate of drug-likeness (QED) is 0.237. The van der Waals surface area contributed by atoms with Gasteiger partial charge in [0.15, 0.2) is 0 Å². The highest BCUT2D eigenvalue weighted by molar-refractivity contribution is 6.12. The lowest BCUT2D eigenvalue weighted by Crippen LogP contribution is -1.93. The van der Waals surface area contributed by atoms with E-state index in [1.165, 1.54) is 0 Å². The minimum atomic E-state index is 0.632. The average Bonchev–Trinajstić information content (AvgIpc) is 3.58. The average molecular weight is 512 g/mol. The first-order chi connectivity index (χ1) is 19.8. The number of hydrogen-bond acceptors (Lipinski definition) is 3. The molecule has 40 heavy (non-hydrogen) atoms. The van der Waals surface area contributed by atoms with Gasteiger partial charge in [0, 0.05) is 32.7 Å². The Kier molecular flexibility index (Phi) is 4.89. The summed E-state index contributed by atoms with van der Waals surface area (Å²) < 4.78 is 12.7. The van der Waals surface area contributed by atoms with Crippen molar-refractivity contribution in [2.24, 2.45) is 0 Å². The van der Waals surface area contributed by atoms with Gasteiger partial charge in [-0.25, -0.2) is 0 Å². The van der Waals surface area contributed by atoms with Gasteiger partial charge in [-0.2, -0.15) is 5.26 Å². The highest BCUT2D eigenvalue weighted by Gasteiger charge is 2.20. The number of nitriles is 1. The first-order valence-corrected chi connectivity index (χ1v) is 13.2. The van der Waals surface area contributed by atoms with Crippen LogP contribution in [0.2, 0.25) is 0 Å². The molecule has 186 valence electrons. The molecule has 2 heterocycles. The fourth-order valence-electron chi connectivity index (χ4n) is 5.97. The van der Waals surface area contributed by atoms with Crippen LogP contribution in [0.15, 0.2) is 136 Å². The Bertz CT molecular complexity index is 2290. The Labute approximate surface area is 230 Å². The van der Waals surface area contributed by atoms with E-state index in [0.29, 0.717) is 5.56 Å². The first-order valence-electron chi connectivity index (χ1n) is 13.2. The molecule has 3 heteroatoms. The van der Waals surface area contributed by atoms with Crippen LogP contribution < -0.4 is 0 Å². The normalized spacial score (nSPS) is 11.5. The third kappa shape index (κ3) is 3.30. The predicted octanol–water partition coefficient (Wildman–Crippen LogP) is 10.4. The summed E-state index contributed by atoms with van der Waals surface area (Å²) in [4.78, 5) is 0. The maximum atomic E-state index is 9.99. The van der Waals surface area contributed by atoms with Crippen molar-refractivity contribution in [3.8, 4) is 39.4 Å². The largest absolute Gasteiger partial charge is 0.456 e. The fraction of sp³-hybridized carbons (Fsp3) is 0. The van der Waals surface area contributed by atoms with Crippen LogP contribution in [0.25, 0.3) is 77.3 Å². The monoisotopic (exact) mass is 511 g/mol. The van der Waals surface area contributed by atoms with E-state index < -0.39 is 0 Å². The van der Waals surface area contributed by atoms with E-state index in [-0.39, 0.29) is 0 Å². The van der Waals surface area contributed by atoms with Crippen molar-refractivity contribution in [2.45, 2.75) is 0 Å². The van der Waals surface area contributed by atoms with Gasteiger partial charge in [0.25, 0.3) is 0 Å². The van der Waals surface area contributed by atoms with Gasteiger partial charge < -0.3 is 8.83 Å². The fourth-order valence-corrected chi connectivity index (χ4v) is 5.97. The zero-order valence-electron chi connectivity index (χ0n) is 21.4. The summed E-state index contributed by atoms with van der Waals surface area (Å²) in [5.41, 5.74) is 9.99. The minimum absolute atomic E-state index is 0.632. The van der Waals surface area contributed by atoms with Crippen LogP contribution in [-0.2, 0) is 0 Å². The molecule has 0 aliphatic rings. The summed E-state index contributed by atoms with van der Waals surface area (Å²) >= 11 is 0. The third-order valence-corrected chi connectivity index (χ3v) is 7.76. The van der Waals surface area contributed by atoms with Gasteiger partial charge in [-0.05, 0) is 52.6 Å². The Balaban J connectivity index is 1.47. The van der Waals surface area contributed by atoms with E-state index in [2.05, 4.69) is 72.8 Å². The minimum Gasteiger partial charge on any atom is -0.456 e. The predicted molar refractivity (Wildman–Crippen MR) is 162 cm³/mol. The van der Waals surface area contributed by atoms with Crippen LogP contribution in [0.3, 0.4) is 0 Å². The summed E-state index contributed by atoms with van der Waals surface area (Å²) in [6.45, 7) is 0. The molecule has 0 aliphatic heterocycles. The Morgan fingerprint density at radius 1 is 0.450 bits per heavy atom. The maximum Gasteiger partial charge on any atom is 0.143 e. The van der Waals surface area contributed by atoms with Crippen molar-refractivity contribution >= 4 is 43.9 Å². The molecule has 0 unspecified atom stereocenters. The van der Waals surface area contributed by atoms with Crippen molar-refractivity contribution in [3.63, 3.8) is 0 Å². The SMILES string of the molecule is N#Cc1ccccc1-c1cccc(-c2cccc3c2oc2ccccc23)c1-c1ccc2c(c1)oc1ccccc12. The van der Waals surface area contributed by atoms with E-state index in [4.69, 9.17) is 8.83 Å². The zero-order valence-corrected chi connectivity index (χ0v) is 21.4. The van der Waals surface area contributed by atoms with Gasteiger partial charge in [0.05, 0.1) is 11.6 Å². The Morgan fingerprint density at radius 2 is 1.02 bits per heavy atom. The second-order valence-corrected chi connectivity index (χ2v) is 9.98. The topological polar surface area (TPSA) is 50.1 Å². The van der Waals surface area contributed by atoms with Crippen LogP contribution >= 0.6 is 0 Å².